The van der Waals surface area contributed by atoms with Gasteiger partial charge in [-0.05, 0) is 57.9 Å². The number of para-hydroxylation sites is 1. The zero-order chi connectivity index (χ0) is 31.5. The first kappa shape index (κ1) is 36.9. The molecule has 0 aliphatic carbocycles. The molecule has 1 unspecified atom stereocenters. The molecule has 1 aliphatic heterocycles. The minimum absolute atomic E-state index is 0.161. The van der Waals surface area contributed by atoms with Crippen LogP contribution in [0.5, 0.6) is 5.75 Å². The topological polar surface area (TPSA) is 136 Å². The third-order valence-corrected chi connectivity index (χ3v) is 6.20. The van der Waals surface area contributed by atoms with Crippen molar-refractivity contribution in [1.82, 2.24) is 4.72 Å². The first-order valence-electron chi connectivity index (χ1n) is 12.9. The van der Waals surface area contributed by atoms with Crippen molar-refractivity contribution in [3.05, 3.63) is 96.1 Å². The van der Waals surface area contributed by atoms with Gasteiger partial charge in [-0.1, -0.05) is 60.7 Å². The van der Waals surface area contributed by atoms with E-state index in [0.29, 0.717) is 16.9 Å². The number of hydrogen-bond donors (Lipinski definition) is 4. The number of aromatic hydroxyl groups is 1. The van der Waals surface area contributed by atoms with Gasteiger partial charge >= 0.3 is 5.97 Å². The van der Waals surface area contributed by atoms with Crippen molar-refractivity contribution in [2.24, 2.45) is 5.41 Å². The van der Waals surface area contributed by atoms with Crippen molar-refractivity contribution in [2.45, 2.75) is 33.6 Å². The quantitative estimate of drug-likeness (QED) is 0.122. The van der Waals surface area contributed by atoms with Gasteiger partial charge in [0.05, 0.1) is 5.41 Å². The number of esters is 1. The second-order valence-corrected chi connectivity index (χ2v) is 11.3. The maximum Gasteiger partial charge on any atom is 0.312 e. The third-order valence-electron chi connectivity index (χ3n) is 5.33. The summed E-state index contributed by atoms with van der Waals surface area (Å²) in [6.45, 7) is 6.94. The summed E-state index contributed by atoms with van der Waals surface area (Å²) in [6, 6.07) is 25.3. The van der Waals surface area contributed by atoms with Gasteiger partial charge in [-0.2, -0.15) is 0 Å². The van der Waals surface area contributed by atoms with Gasteiger partial charge in [-0.25, -0.2) is 4.72 Å². The van der Waals surface area contributed by atoms with Gasteiger partial charge < -0.3 is 19.3 Å². The van der Waals surface area contributed by atoms with Gasteiger partial charge in [0, 0.05) is 41.2 Å². The number of nitrogens with zero attached hydrogens (tertiary/aromatic N) is 1. The lowest BCUT2D eigenvalue weighted by Crippen LogP contribution is -2.29. The summed E-state index contributed by atoms with van der Waals surface area (Å²) >= 11 is 5.08. The second-order valence-electron chi connectivity index (χ2n) is 9.76. The highest BCUT2D eigenvalue weighted by Gasteiger charge is 2.22. The first-order chi connectivity index (χ1) is 19.8. The Morgan fingerprint density at radius 2 is 1.38 bits per heavy atom. The standard InChI is InChI=1S/C11H13NOS.C7H6OS.C6H13NO4S.C6H6O/c13-11(14)9-4-3-5-10(8-9)12-6-1-2-7-12;8-7(9)6-4-2-1-3-5-6;1-6(2,3)5(8)11-4-7-12(9)10;7-6-4-2-1-3-5-6/h3-5,8H,1-2,6-7H2,(H,13,14);1-5H,(H,8,9);7H,4H2,1-3H3,(H,9,10);1-5,7H/p-1. The predicted octanol–water partition coefficient (Wildman–Crippen LogP) is 5.42. The molecule has 3 aromatic carbocycles. The van der Waals surface area contributed by atoms with Gasteiger partial charge in [-0.3, -0.25) is 18.6 Å². The molecule has 1 atom stereocenters. The van der Waals surface area contributed by atoms with Gasteiger partial charge in [0.25, 0.3) is 0 Å². The molecule has 1 aliphatic rings. The molecule has 1 saturated heterocycles. The summed E-state index contributed by atoms with van der Waals surface area (Å²) in [7, 11) is 0. The van der Waals surface area contributed by atoms with Crippen molar-refractivity contribution in [3.8, 4) is 5.75 Å². The maximum atomic E-state index is 11.1. The van der Waals surface area contributed by atoms with Crippen LogP contribution in [0.15, 0.2) is 84.9 Å². The van der Waals surface area contributed by atoms with Gasteiger partial charge in [0.15, 0.2) is 6.73 Å². The largest absolute Gasteiger partial charge is 0.760 e. The molecule has 0 aromatic heterocycles. The van der Waals surface area contributed by atoms with Crippen molar-refractivity contribution in [2.75, 3.05) is 24.7 Å². The number of carbonyl (C=O) groups excluding carboxylic acids is 3. The molecule has 0 saturated carbocycles. The zero-order valence-electron chi connectivity index (χ0n) is 23.8. The van der Waals surface area contributed by atoms with E-state index >= 15 is 0 Å². The first-order valence-corrected chi connectivity index (χ1v) is 14.9. The Morgan fingerprint density at radius 1 is 0.881 bits per heavy atom. The molecule has 0 bridgehead atoms. The van der Waals surface area contributed by atoms with Crippen LogP contribution in [0.25, 0.3) is 0 Å². The Labute approximate surface area is 260 Å². The Morgan fingerprint density at radius 3 is 1.79 bits per heavy atom. The van der Waals surface area contributed by atoms with Crippen LogP contribution in [0.1, 0.15) is 54.3 Å². The van der Waals surface area contributed by atoms with Crippen LogP contribution in [-0.4, -0.2) is 49.9 Å². The molecule has 4 rings (SSSR count). The number of thiol groups is 2. The van der Waals surface area contributed by atoms with Crippen LogP contribution in [0.2, 0.25) is 0 Å². The number of phenolic OH excluding ortho intramolecular Hbond substituents is 1. The normalized spacial score (nSPS) is 12.7. The predicted molar refractivity (Wildman–Crippen MR) is 172 cm³/mol. The number of phenols is 1. The molecule has 228 valence electrons. The van der Waals surface area contributed by atoms with E-state index in [1.165, 1.54) is 12.8 Å². The summed E-state index contributed by atoms with van der Waals surface area (Å²) in [5.74, 6) is -0.122. The summed E-state index contributed by atoms with van der Waals surface area (Å²) in [5, 5.41) is 8.29. The molecule has 0 radical (unpaired) electrons. The zero-order valence-corrected chi connectivity index (χ0v) is 26.4. The Kier molecular flexibility index (Phi) is 17.4. The lowest BCUT2D eigenvalue weighted by molar-refractivity contribution is -0.153. The highest BCUT2D eigenvalue weighted by Crippen LogP contribution is 2.21. The molecule has 1 fully saturated rings. The van der Waals surface area contributed by atoms with E-state index in [1.807, 2.05) is 47.2 Å². The fraction of sp³-hybridized carbons (Fsp3) is 0.300. The average molecular weight is 634 g/mol. The number of rotatable bonds is 6. The van der Waals surface area contributed by atoms with E-state index < -0.39 is 22.7 Å². The molecule has 0 amide bonds. The minimum Gasteiger partial charge on any atom is -0.760 e. The van der Waals surface area contributed by atoms with E-state index in [9.17, 15) is 23.1 Å². The number of ether oxygens (including phenoxy) is 1. The van der Waals surface area contributed by atoms with E-state index in [4.69, 9.17) is 5.11 Å². The molecular formula is C30H37N2O7S3-. The van der Waals surface area contributed by atoms with Crippen molar-refractivity contribution in [1.29, 1.82) is 0 Å². The molecule has 42 heavy (non-hydrogen) atoms. The number of nitrogens with one attached hydrogen (secondary N) is 1. The SMILES string of the molecule is CC(C)(C)C(=O)OCNS(=O)[O-].O=C(S)c1cccc(N2CCCC2)c1.O=C(S)c1ccccc1.Oc1ccccc1. The average Bonchev–Trinajstić information content (AvgIpc) is 3.50. The molecule has 1 heterocycles. The molecule has 9 nitrogen and oxygen atoms in total. The molecular weight excluding hydrogens is 597 g/mol. The molecule has 0 spiro atoms. The van der Waals surface area contributed by atoms with Gasteiger partial charge in [0.2, 0.25) is 10.2 Å². The summed E-state index contributed by atoms with van der Waals surface area (Å²) < 4.78 is 26.4. The number of carbonyl (C=O) groups is 3. The Hall–Kier alpha value is -3.16. The number of hydrogen-bond acceptors (Lipinski definition) is 8. The van der Waals surface area contributed by atoms with E-state index in [1.54, 1.807) is 63.2 Å². The number of anilines is 1. The lowest BCUT2D eigenvalue weighted by atomic mass is 9.98. The molecule has 2 N–H and O–H groups in total. The summed E-state index contributed by atoms with van der Waals surface area (Å²) in [6.07, 6.45) is 2.50. The lowest BCUT2D eigenvalue weighted by Gasteiger charge is -2.17. The molecule has 3 aromatic rings. The molecule has 12 heteroatoms. The van der Waals surface area contributed by atoms with Crippen LogP contribution in [-0.2, 0) is 20.8 Å². The van der Waals surface area contributed by atoms with Gasteiger partial charge in [-0.15, -0.1) is 25.3 Å². The highest BCUT2D eigenvalue weighted by molar-refractivity contribution is 7.97. The van der Waals surface area contributed by atoms with Crippen molar-refractivity contribution >= 4 is 58.4 Å². The van der Waals surface area contributed by atoms with Gasteiger partial charge in [0.1, 0.15) is 5.75 Å². The third kappa shape index (κ3) is 16.3. The minimum atomic E-state index is -2.39. The Bertz CT molecular complexity index is 1260. The van der Waals surface area contributed by atoms with Crippen LogP contribution < -0.4 is 9.62 Å². The summed E-state index contributed by atoms with van der Waals surface area (Å²) in [5.41, 5.74) is 1.85. The monoisotopic (exact) mass is 633 g/mol. The smallest absolute Gasteiger partial charge is 0.312 e. The van der Waals surface area contributed by atoms with E-state index in [2.05, 4.69) is 34.9 Å². The maximum absolute atomic E-state index is 11.1. The van der Waals surface area contributed by atoms with Crippen LogP contribution >= 0.6 is 25.3 Å². The van der Waals surface area contributed by atoms with Crippen LogP contribution in [0, 0.1) is 5.41 Å². The van der Waals surface area contributed by atoms with Crippen molar-refractivity contribution < 1.29 is 33.0 Å². The number of benzene rings is 3. The second kappa shape index (κ2) is 19.9. The van der Waals surface area contributed by atoms with Crippen molar-refractivity contribution in [3.63, 3.8) is 0 Å². The fourth-order valence-electron chi connectivity index (χ4n) is 3.18. The Balaban J connectivity index is 0.000000289. The van der Waals surface area contributed by atoms with Crippen LogP contribution in [0.3, 0.4) is 0 Å². The highest BCUT2D eigenvalue weighted by atomic mass is 32.2. The summed E-state index contributed by atoms with van der Waals surface area (Å²) in [4.78, 5) is 34.9. The van der Waals surface area contributed by atoms with Crippen LogP contribution in [0.4, 0.5) is 5.69 Å². The van der Waals surface area contributed by atoms with E-state index in [0.717, 1.165) is 18.8 Å². The fourth-order valence-corrected chi connectivity index (χ4v) is 3.62. The van der Waals surface area contributed by atoms with E-state index in [-0.39, 0.29) is 17.0 Å².